The van der Waals surface area contributed by atoms with Crippen LogP contribution in [-0.4, -0.2) is 82.6 Å². The topological polar surface area (TPSA) is 174 Å². The first-order valence-electron chi connectivity index (χ1n) is 10.6. The van der Waals surface area contributed by atoms with E-state index in [9.17, 15) is 29.1 Å². The summed E-state index contributed by atoms with van der Waals surface area (Å²) >= 11 is 1.45. The van der Waals surface area contributed by atoms with Gasteiger partial charge in [-0.05, 0) is 50.2 Å². The van der Waals surface area contributed by atoms with E-state index in [0.717, 1.165) is 6.42 Å². The molecule has 1 saturated heterocycles. The van der Waals surface area contributed by atoms with Gasteiger partial charge in [-0.15, -0.1) is 0 Å². The molecule has 0 aliphatic carbocycles. The fourth-order valence-corrected chi connectivity index (χ4v) is 3.73. The Morgan fingerprint density at radius 1 is 1.00 bits per heavy atom. The molecule has 1 rings (SSSR count). The predicted octanol–water partition coefficient (Wildman–Crippen LogP) is -0.449. The number of carbonyl (C=O) groups is 5. The quantitative estimate of drug-likeness (QED) is 0.195. The van der Waals surface area contributed by atoms with Gasteiger partial charge in [0, 0.05) is 6.42 Å². The molecule has 11 nitrogen and oxygen atoms in total. The zero-order valence-electron chi connectivity index (χ0n) is 18.7. The van der Waals surface area contributed by atoms with E-state index in [1.54, 1.807) is 13.8 Å². The van der Waals surface area contributed by atoms with Gasteiger partial charge in [0.15, 0.2) is 0 Å². The van der Waals surface area contributed by atoms with Crippen LogP contribution in [0.1, 0.15) is 46.0 Å². The average Bonchev–Trinajstić information content (AvgIpc) is 3.26. The van der Waals surface area contributed by atoms with Crippen LogP contribution in [0.15, 0.2) is 0 Å². The highest BCUT2D eigenvalue weighted by Gasteiger charge is 2.32. The van der Waals surface area contributed by atoms with E-state index in [2.05, 4.69) is 21.3 Å². The summed E-state index contributed by atoms with van der Waals surface area (Å²) in [6.45, 7) is 4.06. The molecule has 182 valence electrons. The summed E-state index contributed by atoms with van der Waals surface area (Å²) in [6, 6.07) is -3.73. The molecule has 0 radical (unpaired) electrons. The molecule has 1 heterocycles. The SMILES string of the molecule is CSCCC(NC(=O)C(NC(=O)C(CCC(=O)O)NC(=O)C1CCCN1)C(C)C)C(=O)O. The van der Waals surface area contributed by atoms with Crippen molar-refractivity contribution in [2.24, 2.45) is 5.92 Å². The molecule has 0 aromatic rings. The van der Waals surface area contributed by atoms with Crippen molar-refractivity contribution >= 4 is 41.4 Å². The Morgan fingerprint density at radius 2 is 1.69 bits per heavy atom. The van der Waals surface area contributed by atoms with Crippen LogP contribution in [0, 0.1) is 5.92 Å². The Labute approximate surface area is 191 Å². The maximum atomic E-state index is 12.9. The second-order valence-electron chi connectivity index (χ2n) is 8.05. The van der Waals surface area contributed by atoms with E-state index >= 15 is 0 Å². The third-order valence-electron chi connectivity index (χ3n) is 5.13. The second kappa shape index (κ2) is 13.9. The van der Waals surface area contributed by atoms with Gasteiger partial charge in [-0.3, -0.25) is 19.2 Å². The summed E-state index contributed by atoms with van der Waals surface area (Å²) in [5.74, 6) is -3.87. The van der Waals surface area contributed by atoms with Gasteiger partial charge in [0.05, 0.1) is 6.04 Å². The Kier molecular flexibility index (Phi) is 12.1. The van der Waals surface area contributed by atoms with Gasteiger partial charge in [0.1, 0.15) is 18.1 Å². The van der Waals surface area contributed by atoms with Crippen molar-refractivity contribution in [1.29, 1.82) is 0 Å². The van der Waals surface area contributed by atoms with Crippen molar-refractivity contribution in [1.82, 2.24) is 21.3 Å². The lowest BCUT2D eigenvalue weighted by molar-refractivity contribution is -0.142. The van der Waals surface area contributed by atoms with Crippen LogP contribution < -0.4 is 21.3 Å². The minimum atomic E-state index is -1.17. The summed E-state index contributed by atoms with van der Waals surface area (Å²) in [5.41, 5.74) is 0. The lowest BCUT2D eigenvalue weighted by Gasteiger charge is -2.27. The maximum Gasteiger partial charge on any atom is 0.326 e. The third kappa shape index (κ3) is 9.43. The van der Waals surface area contributed by atoms with Gasteiger partial charge in [-0.1, -0.05) is 13.8 Å². The molecule has 1 aliphatic heterocycles. The normalized spacial score (nSPS) is 18.4. The molecule has 1 fully saturated rings. The van der Waals surface area contributed by atoms with Gasteiger partial charge in [-0.25, -0.2) is 4.79 Å². The van der Waals surface area contributed by atoms with Crippen LogP contribution in [0.2, 0.25) is 0 Å². The molecule has 0 aromatic heterocycles. The number of amides is 3. The zero-order valence-corrected chi connectivity index (χ0v) is 19.5. The van der Waals surface area contributed by atoms with Crippen molar-refractivity contribution < 1.29 is 34.2 Å². The highest BCUT2D eigenvalue weighted by atomic mass is 32.2. The number of hydrogen-bond acceptors (Lipinski definition) is 7. The Bertz CT molecular complexity index is 683. The standard InChI is InChI=1S/C20H34N4O7S/c1-11(2)16(19(29)23-14(20(30)31)8-10-32-3)24-18(28)13(6-7-15(25)26)22-17(27)12-5-4-9-21-12/h11-14,16,21H,4-10H2,1-3H3,(H,22,27)(H,23,29)(H,24,28)(H,25,26)(H,30,31). The van der Waals surface area contributed by atoms with Crippen molar-refractivity contribution in [2.75, 3.05) is 18.6 Å². The fraction of sp³-hybridized carbons (Fsp3) is 0.750. The van der Waals surface area contributed by atoms with E-state index in [1.165, 1.54) is 11.8 Å². The van der Waals surface area contributed by atoms with Crippen LogP contribution in [0.4, 0.5) is 0 Å². The first-order valence-corrected chi connectivity index (χ1v) is 12.0. The number of aliphatic carboxylic acids is 2. The van der Waals surface area contributed by atoms with E-state index in [-0.39, 0.29) is 25.2 Å². The number of carboxylic acid groups (broad SMARTS) is 2. The Morgan fingerprint density at radius 3 is 2.19 bits per heavy atom. The van der Waals surface area contributed by atoms with E-state index in [1.807, 2.05) is 6.26 Å². The molecule has 4 unspecified atom stereocenters. The molecule has 12 heteroatoms. The number of rotatable bonds is 14. The average molecular weight is 475 g/mol. The summed E-state index contributed by atoms with van der Waals surface area (Å²) < 4.78 is 0. The van der Waals surface area contributed by atoms with E-state index < -0.39 is 53.8 Å². The van der Waals surface area contributed by atoms with Gasteiger partial charge in [-0.2, -0.15) is 11.8 Å². The molecule has 1 aliphatic rings. The van der Waals surface area contributed by atoms with Crippen molar-refractivity contribution in [3.63, 3.8) is 0 Å². The molecule has 0 bridgehead atoms. The molecule has 0 saturated carbocycles. The first-order chi connectivity index (χ1) is 15.1. The van der Waals surface area contributed by atoms with E-state index in [0.29, 0.717) is 18.7 Å². The van der Waals surface area contributed by atoms with Crippen molar-refractivity contribution in [3.05, 3.63) is 0 Å². The zero-order chi connectivity index (χ0) is 24.3. The van der Waals surface area contributed by atoms with Gasteiger partial charge >= 0.3 is 11.9 Å². The Hall–Kier alpha value is -2.34. The minimum Gasteiger partial charge on any atom is -0.481 e. The van der Waals surface area contributed by atoms with E-state index in [4.69, 9.17) is 5.11 Å². The van der Waals surface area contributed by atoms with Gasteiger partial charge < -0.3 is 31.5 Å². The van der Waals surface area contributed by atoms with Crippen molar-refractivity contribution in [3.8, 4) is 0 Å². The summed E-state index contributed by atoms with van der Waals surface area (Å²) in [4.78, 5) is 60.5. The fourth-order valence-electron chi connectivity index (χ4n) is 3.26. The highest BCUT2D eigenvalue weighted by molar-refractivity contribution is 7.98. The summed E-state index contributed by atoms with van der Waals surface area (Å²) in [7, 11) is 0. The second-order valence-corrected chi connectivity index (χ2v) is 9.04. The number of hydrogen-bond donors (Lipinski definition) is 6. The van der Waals surface area contributed by atoms with Crippen LogP contribution >= 0.6 is 11.8 Å². The first kappa shape index (κ1) is 27.7. The third-order valence-corrected chi connectivity index (χ3v) is 5.77. The summed E-state index contributed by atoms with van der Waals surface area (Å²) in [5, 5.41) is 28.9. The van der Waals surface area contributed by atoms with Crippen LogP contribution in [0.5, 0.6) is 0 Å². The van der Waals surface area contributed by atoms with Crippen LogP contribution in [0.25, 0.3) is 0 Å². The number of nitrogens with one attached hydrogen (secondary N) is 4. The molecule has 3 amide bonds. The minimum absolute atomic E-state index is 0.141. The van der Waals surface area contributed by atoms with Gasteiger partial charge in [0.25, 0.3) is 0 Å². The monoisotopic (exact) mass is 474 g/mol. The Balaban J connectivity index is 2.87. The number of carboxylic acids is 2. The van der Waals surface area contributed by atoms with Crippen LogP contribution in [-0.2, 0) is 24.0 Å². The molecule has 0 aromatic carbocycles. The lowest BCUT2D eigenvalue weighted by Crippen LogP contribution is -2.58. The maximum absolute atomic E-state index is 12.9. The largest absolute Gasteiger partial charge is 0.481 e. The molecular formula is C20H34N4O7S. The molecule has 32 heavy (non-hydrogen) atoms. The number of thioether (sulfide) groups is 1. The van der Waals surface area contributed by atoms with Crippen molar-refractivity contribution in [2.45, 2.75) is 70.1 Å². The van der Waals surface area contributed by atoms with Crippen LogP contribution in [0.3, 0.4) is 0 Å². The molecule has 4 atom stereocenters. The number of carbonyl (C=O) groups excluding carboxylic acids is 3. The molecule has 0 spiro atoms. The molecular weight excluding hydrogens is 440 g/mol. The van der Waals surface area contributed by atoms with Gasteiger partial charge in [0.2, 0.25) is 17.7 Å². The smallest absolute Gasteiger partial charge is 0.326 e. The lowest BCUT2D eigenvalue weighted by atomic mass is 10.0. The summed E-state index contributed by atoms with van der Waals surface area (Å²) in [6.07, 6.45) is 3.00. The predicted molar refractivity (Wildman–Crippen MR) is 119 cm³/mol. The highest BCUT2D eigenvalue weighted by Crippen LogP contribution is 2.09. The molecule has 6 N–H and O–H groups in total.